The summed E-state index contributed by atoms with van der Waals surface area (Å²) in [6.07, 6.45) is 1.65. The third kappa shape index (κ3) is 3.06. The second kappa shape index (κ2) is 6.67. The Labute approximate surface area is 143 Å². The van der Waals surface area contributed by atoms with Gasteiger partial charge in [0.2, 0.25) is 10.6 Å². The van der Waals surface area contributed by atoms with Gasteiger partial charge in [-0.3, -0.25) is 5.10 Å². The zero-order valence-electron chi connectivity index (χ0n) is 13.4. The smallest absolute Gasteiger partial charge is 0.216 e. The molecule has 3 rings (SSSR count). The number of methoxy groups -OCH3 is 2. The Hall–Kier alpha value is -2.94. The van der Waals surface area contributed by atoms with Gasteiger partial charge in [-0.1, -0.05) is 0 Å². The number of hydrogen-bond donors (Lipinski definition) is 2. The molecule has 0 aliphatic heterocycles. The van der Waals surface area contributed by atoms with Crippen molar-refractivity contribution in [2.75, 3.05) is 14.2 Å². The monoisotopic (exact) mass is 344 g/mol. The van der Waals surface area contributed by atoms with E-state index in [2.05, 4.69) is 25.5 Å². The summed E-state index contributed by atoms with van der Waals surface area (Å²) in [5.74, 6) is 1.87. The molecule has 0 aliphatic carbocycles. The van der Waals surface area contributed by atoms with Gasteiger partial charge in [0.15, 0.2) is 0 Å². The number of aryl methyl sites for hydroxylation is 1. The van der Waals surface area contributed by atoms with Gasteiger partial charge in [-0.25, -0.2) is 5.10 Å². The van der Waals surface area contributed by atoms with Crippen molar-refractivity contribution in [1.82, 2.24) is 25.1 Å². The summed E-state index contributed by atoms with van der Waals surface area (Å²) in [7, 11) is 3.19. The number of nitrogens with one attached hydrogen (secondary N) is 2. The lowest BCUT2D eigenvalue weighted by molar-refractivity contribution is 0.394. The van der Waals surface area contributed by atoms with E-state index >= 15 is 0 Å². The Morgan fingerprint density at radius 2 is 2.00 bits per heavy atom. The third-order valence-corrected chi connectivity index (χ3v) is 3.60. The maximum absolute atomic E-state index is 5.36. The van der Waals surface area contributed by atoms with Gasteiger partial charge in [0.05, 0.1) is 20.4 Å². The molecular weight excluding hydrogens is 328 g/mol. The van der Waals surface area contributed by atoms with E-state index in [0.717, 1.165) is 11.3 Å². The summed E-state index contributed by atoms with van der Waals surface area (Å²) in [6, 6.07) is 7.33. The van der Waals surface area contributed by atoms with Crippen LogP contribution in [0, 0.1) is 11.7 Å². The quantitative estimate of drug-likeness (QED) is 0.548. The first-order valence-electron chi connectivity index (χ1n) is 7.08. The normalized spacial score (nSPS) is 11.1. The second-order valence-electron chi connectivity index (χ2n) is 4.95. The maximum atomic E-state index is 5.36. The van der Waals surface area contributed by atoms with Gasteiger partial charge < -0.3 is 9.47 Å². The lowest BCUT2D eigenvalue weighted by atomic mass is 10.2. The number of aromatic nitrogens is 5. The molecule has 0 bridgehead atoms. The van der Waals surface area contributed by atoms with Crippen molar-refractivity contribution in [2.45, 2.75) is 6.92 Å². The number of benzene rings is 1. The van der Waals surface area contributed by atoms with Crippen LogP contribution in [0.5, 0.6) is 11.5 Å². The zero-order chi connectivity index (χ0) is 17.1. The molecule has 1 aromatic carbocycles. The molecule has 2 aromatic heterocycles. The number of aromatic amines is 2. The number of H-pyrrole nitrogens is 2. The van der Waals surface area contributed by atoms with Crippen molar-refractivity contribution in [1.29, 1.82) is 0 Å². The Bertz CT molecular complexity index is 940. The number of nitrogens with zero attached hydrogens (tertiary/aromatic N) is 4. The minimum absolute atomic E-state index is 0.370. The van der Waals surface area contributed by atoms with Crippen molar-refractivity contribution in [3.63, 3.8) is 0 Å². The molecule has 24 heavy (non-hydrogen) atoms. The fourth-order valence-electron chi connectivity index (χ4n) is 2.14. The van der Waals surface area contributed by atoms with Crippen LogP contribution >= 0.6 is 12.2 Å². The molecule has 0 atom stereocenters. The molecule has 9 heteroatoms. The highest BCUT2D eigenvalue weighted by atomic mass is 32.1. The molecule has 0 spiro atoms. The van der Waals surface area contributed by atoms with Gasteiger partial charge in [-0.2, -0.15) is 20.0 Å². The Morgan fingerprint density at radius 3 is 2.67 bits per heavy atom. The van der Waals surface area contributed by atoms with E-state index in [-0.39, 0.29) is 0 Å². The molecule has 3 aromatic rings. The Kier molecular flexibility index (Phi) is 4.43. The first-order chi connectivity index (χ1) is 11.6. The highest BCUT2D eigenvalue weighted by molar-refractivity contribution is 7.71. The average Bonchev–Trinajstić information content (AvgIpc) is 3.18. The molecule has 0 radical (unpaired) electrons. The average molecular weight is 344 g/mol. The van der Waals surface area contributed by atoms with Crippen LogP contribution in [0.15, 0.2) is 29.4 Å². The predicted octanol–water partition coefficient (Wildman–Crippen LogP) is 2.54. The van der Waals surface area contributed by atoms with E-state index in [9.17, 15) is 0 Å². The molecule has 0 fully saturated rings. The first kappa shape index (κ1) is 15.9. The topological polar surface area (TPSA) is 93.1 Å². The zero-order valence-corrected chi connectivity index (χ0v) is 14.2. The summed E-state index contributed by atoms with van der Waals surface area (Å²) in [6.45, 7) is 1.91. The van der Waals surface area contributed by atoms with Crippen LogP contribution in [0.4, 0.5) is 0 Å². The van der Waals surface area contributed by atoms with Crippen LogP contribution in [-0.2, 0) is 0 Å². The molecule has 0 saturated heterocycles. The fourth-order valence-corrected chi connectivity index (χ4v) is 2.32. The van der Waals surface area contributed by atoms with Crippen LogP contribution in [0.3, 0.4) is 0 Å². The summed E-state index contributed by atoms with van der Waals surface area (Å²) in [4.78, 5) is 0. The lowest BCUT2D eigenvalue weighted by Gasteiger charge is -2.06. The van der Waals surface area contributed by atoms with E-state index in [1.807, 2.05) is 25.1 Å². The summed E-state index contributed by atoms with van der Waals surface area (Å²) in [5, 5.41) is 18.4. The highest BCUT2D eigenvalue weighted by Gasteiger charge is 2.11. The van der Waals surface area contributed by atoms with Crippen molar-refractivity contribution in [3.05, 3.63) is 40.3 Å². The van der Waals surface area contributed by atoms with E-state index < -0.39 is 0 Å². The van der Waals surface area contributed by atoms with Gasteiger partial charge in [0, 0.05) is 17.3 Å². The van der Waals surface area contributed by atoms with Crippen molar-refractivity contribution in [3.8, 4) is 23.0 Å². The van der Waals surface area contributed by atoms with Gasteiger partial charge in [0.25, 0.3) is 0 Å². The van der Waals surface area contributed by atoms with Crippen LogP contribution in [0.2, 0.25) is 0 Å². The molecule has 2 N–H and O–H groups in total. The molecular formula is C15H16N6O2S. The second-order valence-corrected chi connectivity index (χ2v) is 5.34. The number of hydrogen-bond acceptors (Lipinski definition) is 6. The van der Waals surface area contributed by atoms with Gasteiger partial charge in [-0.15, -0.1) is 0 Å². The van der Waals surface area contributed by atoms with Crippen molar-refractivity contribution >= 4 is 18.4 Å². The molecule has 8 nitrogen and oxygen atoms in total. The minimum Gasteiger partial charge on any atom is -0.497 e. The summed E-state index contributed by atoms with van der Waals surface area (Å²) < 4.78 is 12.4. The standard InChI is InChI=1S/C15H16N6O2S/c1-9-6-12(18-17-9)14-19-20-15(24)21(14)16-8-10-4-5-11(22-2)7-13(10)23-3/h4-8H,1-3H3,(H,17,18)(H,20,24)/b16-8+. The first-order valence-corrected chi connectivity index (χ1v) is 7.49. The van der Waals surface area contributed by atoms with E-state index in [1.165, 1.54) is 4.68 Å². The minimum atomic E-state index is 0.370. The van der Waals surface area contributed by atoms with Crippen LogP contribution in [0.1, 0.15) is 11.3 Å². The van der Waals surface area contributed by atoms with Crippen LogP contribution in [-0.4, -0.2) is 45.5 Å². The van der Waals surface area contributed by atoms with E-state index in [1.54, 1.807) is 26.5 Å². The van der Waals surface area contributed by atoms with Crippen molar-refractivity contribution < 1.29 is 9.47 Å². The van der Waals surface area contributed by atoms with E-state index in [4.69, 9.17) is 21.7 Å². The maximum Gasteiger partial charge on any atom is 0.216 e. The molecule has 124 valence electrons. The third-order valence-electron chi connectivity index (χ3n) is 3.34. The van der Waals surface area contributed by atoms with Crippen LogP contribution < -0.4 is 9.47 Å². The fraction of sp³-hybridized carbons (Fsp3) is 0.200. The van der Waals surface area contributed by atoms with Gasteiger partial charge in [0.1, 0.15) is 17.2 Å². The van der Waals surface area contributed by atoms with E-state index in [0.29, 0.717) is 27.8 Å². The van der Waals surface area contributed by atoms with Gasteiger partial charge >= 0.3 is 0 Å². The number of rotatable bonds is 5. The van der Waals surface area contributed by atoms with Gasteiger partial charge in [-0.05, 0) is 37.3 Å². The summed E-state index contributed by atoms with van der Waals surface area (Å²) in [5.41, 5.74) is 2.36. The molecule has 0 unspecified atom stereocenters. The largest absolute Gasteiger partial charge is 0.497 e. The highest BCUT2D eigenvalue weighted by Crippen LogP contribution is 2.23. The molecule has 2 heterocycles. The summed E-state index contributed by atoms with van der Waals surface area (Å²) >= 11 is 5.24. The predicted molar refractivity (Wildman–Crippen MR) is 92.3 cm³/mol. The SMILES string of the molecule is COc1ccc(/C=N/n2c(-c3cc(C)[nH]n3)n[nH]c2=S)c(OC)c1. The molecule has 0 aliphatic rings. The van der Waals surface area contributed by atoms with Crippen molar-refractivity contribution in [2.24, 2.45) is 5.10 Å². The number of ether oxygens (including phenoxy) is 2. The Balaban J connectivity index is 1.99. The Morgan fingerprint density at radius 1 is 1.17 bits per heavy atom. The molecule has 0 amide bonds. The van der Waals surface area contributed by atoms with Crippen LogP contribution in [0.25, 0.3) is 11.5 Å². The molecule has 0 saturated carbocycles. The lowest BCUT2D eigenvalue weighted by Crippen LogP contribution is -1.97.